The van der Waals surface area contributed by atoms with Crippen LogP contribution in [0.4, 0.5) is 5.82 Å². The minimum atomic E-state index is 0.551. The number of rotatable bonds is 3. The van der Waals surface area contributed by atoms with E-state index in [-0.39, 0.29) is 0 Å². The lowest BCUT2D eigenvalue weighted by Crippen LogP contribution is -2.01. The summed E-state index contributed by atoms with van der Waals surface area (Å²) in [4.78, 5) is 8.25. The number of nitrogen functional groups attached to an aromatic ring is 1. The molecule has 0 aliphatic heterocycles. The monoisotopic (exact) mass is 228 g/mol. The van der Waals surface area contributed by atoms with Crippen LogP contribution in [0.5, 0.6) is 0 Å². The van der Waals surface area contributed by atoms with Gasteiger partial charge in [0.05, 0.1) is 18.2 Å². The van der Waals surface area contributed by atoms with Gasteiger partial charge in [-0.2, -0.15) is 0 Å². The Morgan fingerprint density at radius 1 is 1.53 bits per heavy atom. The Morgan fingerprint density at radius 2 is 2.35 bits per heavy atom. The van der Waals surface area contributed by atoms with Crippen molar-refractivity contribution >= 4 is 5.82 Å². The van der Waals surface area contributed by atoms with Crippen molar-refractivity contribution in [3.63, 3.8) is 0 Å². The fourth-order valence-corrected chi connectivity index (χ4v) is 2.22. The van der Waals surface area contributed by atoms with Crippen LogP contribution >= 0.6 is 0 Å². The van der Waals surface area contributed by atoms with Gasteiger partial charge in [0.1, 0.15) is 5.82 Å². The van der Waals surface area contributed by atoms with E-state index in [2.05, 4.69) is 21.5 Å². The SMILES string of the molecule is CC1CC1Cn1cncc1-c1ccnc(N)c1. The van der Waals surface area contributed by atoms with Gasteiger partial charge >= 0.3 is 0 Å². The van der Waals surface area contributed by atoms with Gasteiger partial charge in [-0.1, -0.05) is 6.92 Å². The molecular formula is C13H16N4. The smallest absolute Gasteiger partial charge is 0.123 e. The Balaban J connectivity index is 1.90. The van der Waals surface area contributed by atoms with Gasteiger partial charge < -0.3 is 10.3 Å². The highest BCUT2D eigenvalue weighted by atomic mass is 15.1. The first-order valence-corrected chi connectivity index (χ1v) is 5.96. The Labute approximate surface area is 101 Å². The first kappa shape index (κ1) is 10.3. The van der Waals surface area contributed by atoms with Crippen molar-refractivity contribution in [2.45, 2.75) is 19.9 Å². The zero-order chi connectivity index (χ0) is 11.8. The van der Waals surface area contributed by atoms with E-state index in [1.54, 1.807) is 6.20 Å². The summed E-state index contributed by atoms with van der Waals surface area (Å²) < 4.78 is 2.21. The van der Waals surface area contributed by atoms with Crippen molar-refractivity contribution < 1.29 is 0 Å². The van der Waals surface area contributed by atoms with E-state index in [4.69, 9.17) is 5.73 Å². The van der Waals surface area contributed by atoms with Crippen molar-refractivity contribution in [2.75, 3.05) is 5.73 Å². The molecule has 0 spiro atoms. The molecule has 2 aromatic heterocycles. The van der Waals surface area contributed by atoms with E-state index in [0.717, 1.165) is 29.6 Å². The van der Waals surface area contributed by atoms with Crippen molar-refractivity contribution in [2.24, 2.45) is 11.8 Å². The second kappa shape index (κ2) is 3.87. The first-order valence-electron chi connectivity index (χ1n) is 5.96. The van der Waals surface area contributed by atoms with Crippen LogP contribution in [-0.2, 0) is 6.54 Å². The average molecular weight is 228 g/mol. The summed E-state index contributed by atoms with van der Waals surface area (Å²) >= 11 is 0. The molecular weight excluding hydrogens is 212 g/mol. The molecule has 0 bridgehead atoms. The van der Waals surface area contributed by atoms with Crippen LogP contribution in [0.15, 0.2) is 30.9 Å². The summed E-state index contributed by atoms with van der Waals surface area (Å²) in [5.41, 5.74) is 7.92. The van der Waals surface area contributed by atoms with E-state index in [1.807, 2.05) is 24.7 Å². The molecule has 0 amide bonds. The maximum absolute atomic E-state index is 5.71. The summed E-state index contributed by atoms with van der Waals surface area (Å²) in [6.07, 6.45) is 6.86. The topological polar surface area (TPSA) is 56.7 Å². The highest BCUT2D eigenvalue weighted by Crippen LogP contribution is 2.39. The standard InChI is InChI=1S/C13H16N4/c1-9-4-11(9)7-17-8-15-6-12(17)10-2-3-16-13(14)5-10/h2-3,5-6,8-9,11H,4,7H2,1H3,(H2,14,16). The largest absolute Gasteiger partial charge is 0.384 e. The van der Waals surface area contributed by atoms with Gasteiger partial charge in [-0.05, 0) is 30.4 Å². The first-order chi connectivity index (χ1) is 8.24. The summed E-state index contributed by atoms with van der Waals surface area (Å²) in [7, 11) is 0. The molecule has 1 saturated carbocycles. The average Bonchev–Trinajstić information content (AvgIpc) is 2.82. The van der Waals surface area contributed by atoms with Crippen LogP contribution in [0.25, 0.3) is 11.3 Å². The fourth-order valence-electron chi connectivity index (χ4n) is 2.22. The van der Waals surface area contributed by atoms with E-state index in [0.29, 0.717) is 5.82 Å². The third-order valence-corrected chi connectivity index (χ3v) is 3.50. The Hall–Kier alpha value is -1.84. The summed E-state index contributed by atoms with van der Waals surface area (Å²) in [6, 6.07) is 3.87. The molecule has 2 heterocycles. The minimum Gasteiger partial charge on any atom is -0.384 e. The molecule has 4 nitrogen and oxygen atoms in total. The van der Waals surface area contributed by atoms with Gasteiger partial charge in [-0.3, -0.25) is 0 Å². The number of anilines is 1. The van der Waals surface area contributed by atoms with Gasteiger partial charge in [0.25, 0.3) is 0 Å². The predicted octanol–water partition coefficient (Wildman–Crippen LogP) is 2.18. The lowest BCUT2D eigenvalue weighted by molar-refractivity contribution is 0.597. The summed E-state index contributed by atoms with van der Waals surface area (Å²) in [6.45, 7) is 3.35. The Morgan fingerprint density at radius 3 is 3.06 bits per heavy atom. The van der Waals surface area contributed by atoms with Crippen LogP contribution in [0.1, 0.15) is 13.3 Å². The number of imidazole rings is 1. The van der Waals surface area contributed by atoms with Crippen LogP contribution in [0.2, 0.25) is 0 Å². The third-order valence-electron chi connectivity index (χ3n) is 3.50. The predicted molar refractivity (Wildman–Crippen MR) is 67.1 cm³/mol. The second-order valence-electron chi connectivity index (χ2n) is 4.87. The van der Waals surface area contributed by atoms with E-state index in [9.17, 15) is 0 Å². The molecule has 0 aromatic carbocycles. The molecule has 2 aromatic rings. The van der Waals surface area contributed by atoms with Crippen LogP contribution < -0.4 is 5.73 Å². The highest BCUT2D eigenvalue weighted by Gasteiger charge is 2.32. The van der Waals surface area contributed by atoms with E-state index >= 15 is 0 Å². The lowest BCUT2D eigenvalue weighted by Gasteiger charge is -2.07. The van der Waals surface area contributed by atoms with E-state index < -0.39 is 0 Å². The normalized spacial score (nSPS) is 22.6. The molecule has 88 valence electrons. The van der Waals surface area contributed by atoms with Gasteiger partial charge in [0.2, 0.25) is 0 Å². The quantitative estimate of drug-likeness (QED) is 0.876. The van der Waals surface area contributed by atoms with Crippen molar-refractivity contribution in [3.8, 4) is 11.3 Å². The number of hydrogen-bond donors (Lipinski definition) is 1. The van der Waals surface area contributed by atoms with Crippen molar-refractivity contribution in [3.05, 3.63) is 30.9 Å². The molecule has 17 heavy (non-hydrogen) atoms. The number of nitrogens with zero attached hydrogens (tertiary/aromatic N) is 3. The van der Waals surface area contributed by atoms with Crippen molar-refractivity contribution in [1.29, 1.82) is 0 Å². The zero-order valence-electron chi connectivity index (χ0n) is 9.87. The number of nitrogens with two attached hydrogens (primary N) is 1. The molecule has 4 heteroatoms. The molecule has 3 rings (SSSR count). The third kappa shape index (κ3) is 2.02. The molecule has 1 fully saturated rings. The number of aromatic nitrogens is 3. The lowest BCUT2D eigenvalue weighted by atomic mass is 10.2. The molecule has 2 unspecified atom stereocenters. The van der Waals surface area contributed by atoms with Gasteiger partial charge in [-0.15, -0.1) is 0 Å². The molecule has 0 radical (unpaired) electrons. The van der Waals surface area contributed by atoms with Gasteiger partial charge in [0, 0.05) is 18.3 Å². The fraction of sp³-hybridized carbons (Fsp3) is 0.385. The maximum Gasteiger partial charge on any atom is 0.123 e. The number of pyridine rings is 1. The molecule has 1 aliphatic carbocycles. The number of hydrogen-bond acceptors (Lipinski definition) is 3. The van der Waals surface area contributed by atoms with Crippen LogP contribution in [0, 0.1) is 11.8 Å². The Kier molecular flexibility index (Phi) is 2.35. The molecule has 2 N–H and O–H groups in total. The van der Waals surface area contributed by atoms with Crippen molar-refractivity contribution in [1.82, 2.24) is 14.5 Å². The maximum atomic E-state index is 5.71. The second-order valence-corrected chi connectivity index (χ2v) is 4.87. The van der Waals surface area contributed by atoms with Gasteiger partial charge in [-0.25, -0.2) is 9.97 Å². The molecule has 0 saturated heterocycles. The molecule has 2 atom stereocenters. The van der Waals surface area contributed by atoms with Crippen LogP contribution in [0.3, 0.4) is 0 Å². The highest BCUT2D eigenvalue weighted by molar-refractivity contribution is 5.61. The van der Waals surface area contributed by atoms with Gasteiger partial charge in [0.15, 0.2) is 0 Å². The van der Waals surface area contributed by atoms with E-state index in [1.165, 1.54) is 6.42 Å². The summed E-state index contributed by atoms with van der Waals surface area (Å²) in [5.74, 6) is 2.21. The molecule has 1 aliphatic rings. The zero-order valence-corrected chi connectivity index (χ0v) is 9.87. The Bertz CT molecular complexity index is 532. The summed E-state index contributed by atoms with van der Waals surface area (Å²) in [5, 5.41) is 0. The minimum absolute atomic E-state index is 0.551. The van der Waals surface area contributed by atoms with Crippen LogP contribution in [-0.4, -0.2) is 14.5 Å².